The zero-order chi connectivity index (χ0) is 22.5. The standard InChI is InChI=1S/C9H4F14O4/c1-3(10,11)8(20,21)27-5(13,7(17,18)19)9(22,23)26-4(12,2(24)25)6(14,15)16/h1H3,(H,24,25). The third-order valence-electron chi connectivity index (χ3n) is 2.43. The van der Waals surface area contributed by atoms with Crippen LogP contribution in [0.5, 0.6) is 0 Å². The Kier molecular flexibility index (Phi) is 6.11. The summed E-state index contributed by atoms with van der Waals surface area (Å²) >= 11 is 0. The highest BCUT2D eigenvalue weighted by atomic mass is 19.4. The lowest BCUT2D eigenvalue weighted by Gasteiger charge is -2.39. The Bertz CT molecular complexity index is 562. The number of hydrogen-bond donors (Lipinski definition) is 1. The van der Waals surface area contributed by atoms with Crippen LogP contribution in [0.25, 0.3) is 0 Å². The maximum atomic E-state index is 13.5. The first-order valence-electron chi connectivity index (χ1n) is 5.64. The van der Waals surface area contributed by atoms with Gasteiger partial charge in [0, 0.05) is 6.92 Å². The molecule has 0 heterocycles. The van der Waals surface area contributed by atoms with Crippen LogP contribution in [-0.4, -0.2) is 53.3 Å². The molecule has 4 nitrogen and oxygen atoms in total. The van der Waals surface area contributed by atoms with Crippen molar-refractivity contribution in [2.45, 2.75) is 49.1 Å². The number of rotatable bonds is 7. The van der Waals surface area contributed by atoms with Gasteiger partial charge in [0.15, 0.2) is 0 Å². The Labute approximate surface area is 137 Å². The van der Waals surface area contributed by atoms with Crippen LogP contribution in [0.1, 0.15) is 6.92 Å². The van der Waals surface area contributed by atoms with Crippen molar-refractivity contribution >= 4 is 5.97 Å². The molecule has 0 bridgehead atoms. The van der Waals surface area contributed by atoms with Gasteiger partial charge in [-0.25, -0.2) is 4.79 Å². The summed E-state index contributed by atoms with van der Waals surface area (Å²) in [6, 6.07) is 0. The molecule has 0 saturated heterocycles. The van der Waals surface area contributed by atoms with E-state index in [2.05, 4.69) is 0 Å². The monoisotopic (exact) mass is 442 g/mol. The molecule has 0 aromatic carbocycles. The second-order valence-corrected chi connectivity index (χ2v) is 4.62. The molecule has 0 spiro atoms. The number of aliphatic carboxylic acids is 1. The maximum Gasteiger partial charge on any atom is 0.460 e. The van der Waals surface area contributed by atoms with Crippen LogP contribution in [0, 0.1) is 0 Å². The molecule has 27 heavy (non-hydrogen) atoms. The molecule has 0 radical (unpaired) electrons. The van der Waals surface area contributed by atoms with Gasteiger partial charge in [-0.3, -0.25) is 9.47 Å². The number of halogens is 14. The lowest BCUT2D eigenvalue weighted by molar-refractivity contribution is -0.537. The summed E-state index contributed by atoms with van der Waals surface area (Å²) in [5.74, 6) is -24.3. The van der Waals surface area contributed by atoms with Crippen molar-refractivity contribution < 1.29 is 80.8 Å². The molecular weight excluding hydrogens is 438 g/mol. The molecule has 0 aliphatic heterocycles. The number of ether oxygens (including phenoxy) is 2. The first kappa shape index (κ1) is 25.4. The third kappa shape index (κ3) is 4.46. The average Bonchev–Trinajstić information content (AvgIpc) is 2.32. The molecule has 2 unspecified atom stereocenters. The molecule has 162 valence electrons. The molecular formula is C9H4F14O4. The summed E-state index contributed by atoms with van der Waals surface area (Å²) in [5.41, 5.74) is 0. The molecule has 0 aromatic rings. The van der Waals surface area contributed by atoms with Crippen LogP contribution < -0.4 is 0 Å². The van der Waals surface area contributed by atoms with Crippen molar-refractivity contribution in [2.75, 3.05) is 0 Å². The summed E-state index contributed by atoms with van der Waals surface area (Å²) in [5, 5.41) is 7.90. The van der Waals surface area contributed by atoms with Crippen LogP contribution in [0.3, 0.4) is 0 Å². The van der Waals surface area contributed by atoms with Gasteiger partial charge in [-0.1, -0.05) is 0 Å². The van der Waals surface area contributed by atoms with E-state index in [1.807, 2.05) is 0 Å². The van der Waals surface area contributed by atoms with Crippen molar-refractivity contribution in [3.63, 3.8) is 0 Å². The molecule has 0 fully saturated rings. The summed E-state index contributed by atoms with van der Waals surface area (Å²) in [7, 11) is 0. The van der Waals surface area contributed by atoms with Crippen LogP contribution in [0.15, 0.2) is 0 Å². The van der Waals surface area contributed by atoms with Crippen LogP contribution >= 0.6 is 0 Å². The maximum absolute atomic E-state index is 13.5. The molecule has 0 aliphatic rings. The Morgan fingerprint density at radius 3 is 1.26 bits per heavy atom. The molecule has 0 aromatic heterocycles. The first-order chi connectivity index (χ1) is 11.4. The van der Waals surface area contributed by atoms with Gasteiger partial charge in [0.1, 0.15) is 0 Å². The fraction of sp³-hybridized carbons (Fsp3) is 0.889. The van der Waals surface area contributed by atoms with E-state index in [1.165, 1.54) is 0 Å². The molecule has 0 saturated carbocycles. The first-order valence-corrected chi connectivity index (χ1v) is 5.64. The van der Waals surface area contributed by atoms with Crippen molar-refractivity contribution in [1.29, 1.82) is 0 Å². The fourth-order valence-corrected chi connectivity index (χ4v) is 1.01. The predicted molar refractivity (Wildman–Crippen MR) is 50.1 cm³/mol. The van der Waals surface area contributed by atoms with Gasteiger partial charge in [-0.2, -0.15) is 61.5 Å². The normalized spacial score (nSPS) is 19.4. The summed E-state index contributed by atoms with van der Waals surface area (Å²) < 4.78 is 181. The second kappa shape index (κ2) is 6.49. The highest BCUT2D eigenvalue weighted by molar-refractivity contribution is 5.76. The lowest BCUT2D eigenvalue weighted by atomic mass is 10.2. The predicted octanol–water partition coefficient (Wildman–Crippen LogP) is 4.40. The van der Waals surface area contributed by atoms with Crippen molar-refractivity contribution in [3.05, 3.63) is 0 Å². The lowest BCUT2D eigenvalue weighted by Crippen LogP contribution is -2.66. The molecule has 2 atom stereocenters. The molecule has 0 rings (SSSR count). The van der Waals surface area contributed by atoms with Gasteiger partial charge in [-0.15, -0.1) is 0 Å². The zero-order valence-corrected chi connectivity index (χ0v) is 12.0. The van der Waals surface area contributed by atoms with Gasteiger partial charge in [0.2, 0.25) is 0 Å². The second-order valence-electron chi connectivity index (χ2n) is 4.62. The van der Waals surface area contributed by atoms with Crippen molar-refractivity contribution in [2.24, 2.45) is 0 Å². The zero-order valence-electron chi connectivity index (χ0n) is 12.0. The smallest absolute Gasteiger partial charge is 0.460 e. The molecule has 18 heteroatoms. The van der Waals surface area contributed by atoms with E-state index in [9.17, 15) is 66.3 Å². The van der Waals surface area contributed by atoms with Gasteiger partial charge < -0.3 is 5.11 Å². The topological polar surface area (TPSA) is 55.8 Å². The van der Waals surface area contributed by atoms with E-state index in [-0.39, 0.29) is 0 Å². The van der Waals surface area contributed by atoms with Gasteiger partial charge in [0.05, 0.1) is 0 Å². The number of alkyl halides is 14. The van der Waals surface area contributed by atoms with Gasteiger partial charge in [0.25, 0.3) is 0 Å². The Morgan fingerprint density at radius 2 is 1.04 bits per heavy atom. The number of hydrogen-bond acceptors (Lipinski definition) is 3. The Hall–Kier alpha value is -1.59. The third-order valence-corrected chi connectivity index (χ3v) is 2.43. The van der Waals surface area contributed by atoms with E-state index >= 15 is 0 Å². The minimum atomic E-state index is -7.57. The number of carboxylic acids is 1. The Balaban J connectivity index is 6.42. The van der Waals surface area contributed by atoms with E-state index in [0.29, 0.717) is 0 Å². The van der Waals surface area contributed by atoms with Crippen LogP contribution in [-0.2, 0) is 14.3 Å². The highest BCUT2D eigenvalue weighted by Crippen LogP contribution is 2.54. The summed E-state index contributed by atoms with van der Waals surface area (Å²) in [6.07, 6.45) is -29.0. The van der Waals surface area contributed by atoms with Crippen molar-refractivity contribution in [1.82, 2.24) is 0 Å². The fourth-order valence-electron chi connectivity index (χ4n) is 1.01. The van der Waals surface area contributed by atoms with E-state index in [1.54, 1.807) is 9.47 Å². The Morgan fingerprint density at radius 1 is 0.667 bits per heavy atom. The highest BCUT2D eigenvalue weighted by Gasteiger charge is 2.82. The minimum absolute atomic E-state index is 0.963. The number of carbonyl (C=O) groups is 1. The average molecular weight is 442 g/mol. The molecule has 0 aliphatic carbocycles. The van der Waals surface area contributed by atoms with E-state index in [0.717, 1.165) is 0 Å². The van der Waals surface area contributed by atoms with Crippen LogP contribution in [0.4, 0.5) is 61.5 Å². The summed E-state index contributed by atoms with van der Waals surface area (Å²) in [6.45, 7) is -0.963. The SMILES string of the molecule is CC(F)(F)C(F)(F)OC(F)(C(F)(F)F)C(F)(F)OC(F)(C(=O)O)C(F)(F)F. The van der Waals surface area contributed by atoms with Gasteiger partial charge >= 0.3 is 48.2 Å². The minimum Gasteiger partial charge on any atom is -0.477 e. The van der Waals surface area contributed by atoms with Gasteiger partial charge in [-0.05, 0) is 0 Å². The summed E-state index contributed by atoms with van der Waals surface area (Å²) in [4.78, 5) is 10.1. The van der Waals surface area contributed by atoms with Crippen LogP contribution in [0.2, 0.25) is 0 Å². The van der Waals surface area contributed by atoms with E-state index < -0.39 is 55.1 Å². The van der Waals surface area contributed by atoms with E-state index in [4.69, 9.17) is 5.11 Å². The quantitative estimate of drug-likeness (QED) is 0.595. The molecule has 1 N–H and O–H groups in total. The van der Waals surface area contributed by atoms with Crippen molar-refractivity contribution in [3.8, 4) is 0 Å². The largest absolute Gasteiger partial charge is 0.477 e. The number of carboxylic acid groups (broad SMARTS) is 1. The molecule has 0 amide bonds.